The lowest BCUT2D eigenvalue weighted by Gasteiger charge is -2.12. The van der Waals surface area contributed by atoms with Crippen molar-refractivity contribution in [2.45, 2.75) is 13.0 Å². The number of anilines is 1. The van der Waals surface area contributed by atoms with Crippen molar-refractivity contribution in [1.29, 1.82) is 0 Å². The summed E-state index contributed by atoms with van der Waals surface area (Å²) in [5.74, 6) is -1.66. The Morgan fingerprint density at radius 3 is 2.21 bits per heavy atom. The summed E-state index contributed by atoms with van der Waals surface area (Å²) in [5, 5.41) is 4.90. The molecule has 0 aliphatic carbocycles. The van der Waals surface area contributed by atoms with Gasteiger partial charge in [-0.1, -0.05) is 30.3 Å². The van der Waals surface area contributed by atoms with Crippen LogP contribution in [0.25, 0.3) is 11.3 Å². The molecule has 0 spiro atoms. The van der Waals surface area contributed by atoms with E-state index in [0.717, 1.165) is 11.3 Å². The van der Waals surface area contributed by atoms with Crippen LogP contribution >= 0.6 is 11.3 Å². The van der Waals surface area contributed by atoms with Crippen LogP contribution in [0, 0.1) is 0 Å². The van der Waals surface area contributed by atoms with E-state index in [0.29, 0.717) is 10.7 Å². The summed E-state index contributed by atoms with van der Waals surface area (Å²) >= 11 is 1.28. The summed E-state index contributed by atoms with van der Waals surface area (Å²) < 4.78 is 9.80. The van der Waals surface area contributed by atoms with E-state index in [4.69, 9.17) is 4.74 Å². The Labute approximate surface area is 171 Å². The number of nitrogens with zero attached hydrogens (tertiary/aromatic N) is 1. The van der Waals surface area contributed by atoms with Crippen molar-refractivity contribution < 1.29 is 23.9 Å². The Kier molecular flexibility index (Phi) is 6.36. The minimum Gasteiger partial charge on any atom is -0.465 e. The zero-order valence-corrected chi connectivity index (χ0v) is 16.6. The molecule has 1 atom stereocenters. The predicted octanol–water partition coefficient (Wildman–Crippen LogP) is 3.78. The SMILES string of the molecule is COC(=O)c1ccc(C(=O)OC(C)C(=O)Nc2nc(-c3ccccc3)cs2)cc1. The van der Waals surface area contributed by atoms with Crippen LogP contribution in [-0.4, -0.2) is 36.0 Å². The number of hydrogen-bond donors (Lipinski definition) is 1. The van der Waals surface area contributed by atoms with Crippen LogP contribution in [0.5, 0.6) is 0 Å². The van der Waals surface area contributed by atoms with Crippen molar-refractivity contribution in [2.24, 2.45) is 0 Å². The maximum absolute atomic E-state index is 12.3. The number of thiazole rings is 1. The van der Waals surface area contributed by atoms with Gasteiger partial charge in [0.1, 0.15) is 0 Å². The molecule has 0 saturated carbocycles. The van der Waals surface area contributed by atoms with Crippen molar-refractivity contribution >= 4 is 34.3 Å². The fourth-order valence-corrected chi connectivity index (χ4v) is 3.14. The number of methoxy groups -OCH3 is 1. The minimum absolute atomic E-state index is 0.220. The van der Waals surface area contributed by atoms with Gasteiger partial charge in [-0.25, -0.2) is 14.6 Å². The molecule has 2 aromatic carbocycles. The molecular formula is C21H18N2O5S. The molecule has 3 aromatic rings. The maximum atomic E-state index is 12.3. The zero-order chi connectivity index (χ0) is 20.8. The smallest absolute Gasteiger partial charge is 0.338 e. The highest BCUT2D eigenvalue weighted by molar-refractivity contribution is 7.14. The number of benzene rings is 2. The summed E-state index contributed by atoms with van der Waals surface area (Å²) in [6.07, 6.45) is -1.02. The molecule has 7 nitrogen and oxygen atoms in total. The van der Waals surface area contributed by atoms with Crippen LogP contribution in [0.2, 0.25) is 0 Å². The topological polar surface area (TPSA) is 94.6 Å². The van der Waals surface area contributed by atoms with Gasteiger partial charge in [0.05, 0.1) is 23.9 Å². The number of amides is 1. The molecule has 1 heterocycles. The lowest BCUT2D eigenvalue weighted by molar-refractivity contribution is -0.123. The minimum atomic E-state index is -1.02. The Morgan fingerprint density at radius 1 is 0.966 bits per heavy atom. The molecule has 0 fully saturated rings. The number of aromatic nitrogens is 1. The molecule has 0 saturated heterocycles. The average Bonchev–Trinajstić information content (AvgIpc) is 3.22. The fourth-order valence-electron chi connectivity index (χ4n) is 2.42. The van der Waals surface area contributed by atoms with Crippen molar-refractivity contribution in [3.8, 4) is 11.3 Å². The monoisotopic (exact) mass is 410 g/mol. The maximum Gasteiger partial charge on any atom is 0.338 e. The number of hydrogen-bond acceptors (Lipinski definition) is 7. The first-order chi connectivity index (χ1) is 14.0. The molecule has 1 aromatic heterocycles. The molecule has 0 radical (unpaired) electrons. The van der Waals surface area contributed by atoms with E-state index >= 15 is 0 Å². The van der Waals surface area contributed by atoms with Gasteiger partial charge in [-0.2, -0.15) is 0 Å². The Balaban J connectivity index is 1.58. The molecule has 0 aliphatic rings. The standard InChI is InChI=1S/C21H18N2O5S/c1-13(28-20(26)16-10-8-15(9-11-16)19(25)27-2)18(24)23-21-22-17(12-29-21)14-6-4-3-5-7-14/h3-13H,1-2H3,(H,22,23,24). The first-order valence-corrected chi connectivity index (χ1v) is 9.57. The number of carbonyl (C=O) groups is 3. The van der Waals surface area contributed by atoms with Gasteiger partial charge in [-0.15, -0.1) is 11.3 Å². The second kappa shape index (κ2) is 9.11. The third-order valence-corrected chi connectivity index (χ3v) is 4.76. The first kappa shape index (κ1) is 20.2. The van der Waals surface area contributed by atoms with Gasteiger partial charge in [0.15, 0.2) is 11.2 Å². The number of ether oxygens (including phenoxy) is 2. The van der Waals surface area contributed by atoms with E-state index in [2.05, 4.69) is 15.0 Å². The van der Waals surface area contributed by atoms with Crippen LogP contribution in [0.3, 0.4) is 0 Å². The molecule has 1 amide bonds. The van der Waals surface area contributed by atoms with E-state index in [1.54, 1.807) is 0 Å². The van der Waals surface area contributed by atoms with Gasteiger partial charge < -0.3 is 9.47 Å². The van der Waals surface area contributed by atoms with Gasteiger partial charge in [-0.05, 0) is 31.2 Å². The van der Waals surface area contributed by atoms with Crippen LogP contribution in [0.1, 0.15) is 27.6 Å². The van der Waals surface area contributed by atoms with E-state index in [1.165, 1.54) is 49.6 Å². The zero-order valence-electron chi connectivity index (χ0n) is 15.7. The van der Waals surface area contributed by atoms with E-state index in [1.807, 2.05) is 35.7 Å². The highest BCUT2D eigenvalue weighted by atomic mass is 32.1. The number of esters is 2. The summed E-state index contributed by atoms with van der Waals surface area (Å²) in [7, 11) is 1.27. The lowest BCUT2D eigenvalue weighted by atomic mass is 10.1. The van der Waals surface area contributed by atoms with Crippen molar-refractivity contribution in [3.63, 3.8) is 0 Å². The molecule has 1 N–H and O–H groups in total. The van der Waals surface area contributed by atoms with Crippen LogP contribution in [-0.2, 0) is 14.3 Å². The van der Waals surface area contributed by atoms with Gasteiger partial charge in [-0.3, -0.25) is 10.1 Å². The Hall–Kier alpha value is -3.52. The van der Waals surface area contributed by atoms with Gasteiger partial charge in [0.2, 0.25) is 0 Å². The number of nitrogens with one attached hydrogen (secondary N) is 1. The Morgan fingerprint density at radius 2 is 1.59 bits per heavy atom. The quantitative estimate of drug-likeness (QED) is 0.622. The second-order valence-corrected chi connectivity index (χ2v) is 6.87. The van der Waals surface area contributed by atoms with Gasteiger partial charge >= 0.3 is 11.9 Å². The molecule has 29 heavy (non-hydrogen) atoms. The van der Waals surface area contributed by atoms with Crippen LogP contribution in [0.4, 0.5) is 5.13 Å². The highest BCUT2D eigenvalue weighted by Crippen LogP contribution is 2.24. The largest absolute Gasteiger partial charge is 0.465 e. The molecule has 0 bridgehead atoms. The van der Waals surface area contributed by atoms with E-state index in [9.17, 15) is 14.4 Å². The highest BCUT2D eigenvalue weighted by Gasteiger charge is 2.20. The number of rotatable bonds is 6. The lowest BCUT2D eigenvalue weighted by Crippen LogP contribution is -2.30. The van der Waals surface area contributed by atoms with E-state index < -0.39 is 23.9 Å². The van der Waals surface area contributed by atoms with Crippen molar-refractivity contribution in [2.75, 3.05) is 12.4 Å². The predicted molar refractivity (Wildman–Crippen MR) is 109 cm³/mol. The summed E-state index contributed by atoms with van der Waals surface area (Å²) in [6.45, 7) is 1.47. The van der Waals surface area contributed by atoms with Crippen molar-refractivity contribution in [1.82, 2.24) is 4.98 Å². The molecule has 148 valence electrons. The number of carbonyl (C=O) groups excluding carboxylic acids is 3. The van der Waals surface area contributed by atoms with Gasteiger partial charge in [0, 0.05) is 10.9 Å². The van der Waals surface area contributed by atoms with Crippen LogP contribution < -0.4 is 5.32 Å². The summed E-state index contributed by atoms with van der Waals surface area (Å²) in [4.78, 5) is 40.4. The fraction of sp³-hybridized carbons (Fsp3) is 0.143. The summed E-state index contributed by atoms with van der Waals surface area (Å²) in [6, 6.07) is 15.4. The molecule has 3 rings (SSSR count). The second-order valence-electron chi connectivity index (χ2n) is 6.01. The first-order valence-electron chi connectivity index (χ1n) is 8.69. The summed E-state index contributed by atoms with van der Waals surface area (Å²) in [5.41, 5.74) is 2.23. The van der Waals surface area contributed by atoms with Crippen LogP contribution in [0.15, 0.2) is 60.0 Å². The molecule has 1 unspecified atom stereocenters. The average molecular weight is 410 g/mol. The Bertz CT molecular complexity index is 1020. The molecular weight excluding hydrogens is 392 g/mol. The van der Waals surface area contributed by atoms with E-state index in [-0.39, 0.29) is 5.56 Å². The third kappa shape index (κ3) is 5.05. The normalized spacial score (nSPS) is 11.4. The molecule has 8 heteroatoms. The van der Waals surface area contributed by atoms with Gasteiger partial charge in [0.25, 0.3) is 5.91 Å². The third-order valence-electron chi connectivity index (χ3n) is 4.00. The van der Waals surface area contributed by atoms with Crippen molar-refractivity contribution in [3.05, 3.63) is 71.1 Å². The molecule has 0 aliphatic heterocycles.